The second kappa shape index (κ2) is 9.59. The van der Waals surface area contributed by atoms with Crippen LogP contribution in [0.2, 0.25) is 0 Å². The number of aromatic nitrogens is 1. The van der Waals surface area contributed by atoms with E-state index in [1.807, 2.05) is 7.05 Å². The Morgan fingerprint density at radius 3 is 2.58 bits per heavy atom. The van der Waals surface area contributed by atoms with Gasteiger partial charge in [0.2, 0.25) is 0 Å². The summed E-state index contributed by atoms with van der Waals surface area (Å²) in [7, 11) is 1.83. The lowest BCUT2D eigenvalue weighted by atomic mass is 10.1. The minimum atomic E-state index is 0.872. The van der Waals surface area contributed by atoms with E-state index in [2.05, 4.69) is 67.8 Å². The number of hydrogen-bond donors (Lipinski definition) is 3. The van der Waals surface area contributed by atoms with E-state index < -0.39 is 0 Å². The molecule has 0 atom stereocenters. The second-order valence-electron chi connectivity index (χ2n) is 6.81. The van der Waals surface area contributed by atoms with Crippen LogP contribution in [0, 0.1) is 0 Å². The van der Waals surface area contributed by atoms with E-state index in [-0.39, 0.29) is 0 Å². The quantitative estimate of drug-likeness (QED) is 0.520. The molecular formula is C20H32N6. The number of fused-ring (bicyclic) bond motifs is 1. The van der Waals surface area contributed by atoms with Crippen LogP contribution < -0.4 is 10.6 Å². The zero-order chi connectivity index (χ0) is 18.2. The molecule has 0 unspecified atom stereocenters. The summed E-state index contributed by atoms with van der Waals surface area (Å²) in [6, 6.07) is 8.45. The predicted molar refractivity (Wildman–Crippen MR) is 110 cm³/mol. The van der Waals surface area contributed by atoms with E-state index in [1.54, 1.807) is 0 Å². The number of H-pyrrole nitrogens is 1. The largest absolute Gasteiger partial charge is 0.361 e. The number of aromatic amines is 1. The maximum atomic E-state index is 4.34. The monoisotopic (exact) mass is 356 g/mol. The third-order valence-electron chi connectivity index (χ3n) is 5.22. The van der Waals surface area contributed by atoms with Gasteiger partial charge in [0.05, 0.1) is 0 Å². The van der Waals surface area contributed by atoms with Gasteiger partial charge in [0.25, 0.3) is 0 Å². The number of hydrogen-bond acceptors (Lipinski definition) is 3. The summed E-state index contributed by atoms with van der Waals surface area (Å²) in [5, 5.41) is 8.17. The van der Waals surface area contributed by atoms with Crippen molar-refractivity contribution in [2.24, 2.45) is 4.99 Å². The topological polar surface area (TPSA) is 58.7 Å². The molecule has 1 aliphatic heterocycles. The predicted octanol–water partition coefficient (Wildman–Crippen LogP) is 1.51. The number of guanidine groups is 1. The molecule has 1 aromatic heterocycles. The van der Waals surface area contributed by atoms with Crippen LogP contribution in [0.1, 0.15) is 12.5 Å². The average molecular weight is 357 g/mol. The Morgan fingerprint density at radius 1 is 1.08 bits per heavy atom. The number of piperazine rings is 1. The standard InChI is InChI=1S/C20H32N6/c1-3-25-12-14-26(15-13-25)11-10-23-20(21-2)22-9-8-17-16-24-19-7-5-4-6-18(17)19/h4-7,16,24H,3,8-15H2,1-2H3,(H2,21,22,23). The smallest absolute Gasteiger partial charge is 0.191 e. The molecule has 1 aliphatic rings. The average Bonchev–Trinajstić information content (AvgIpc) is 3.10. The first-order valence-corrected chi connectivity index (χ1v) is 9.74. The third-order valence-corrected chi connectivity index (χ3v) is 5.22. The van der Waals surface area contributed by atoms with Crippen molar-refractivity contribution in [1.29, 1.82) is 0 Å². The summed E-state index contributed by atoms with van der Waals surface area (Å²) >= 11 is 0. The van der Waals surface area contributed by atoms with Crippen molar-refractivity contribution in [2.75, 3.05) is 59.4 Å². The number of para-hydroxylation sites is 1. The SMILES string of the molecule is CCN1CCN(CCNC(=NC)NCCc2c[nH]c3ccccc23)CC1. The molecule has 2 aromatic rings. The molecular weight excluding hydrogens is 324 g/mol. The van der Waals surface area contributed by atoms with Crippen LogP contribution in [0.4, 0.5) is 0 Å². The number of rotatable bonds is 7. The molecule has 1 fully saturated rings. The van der Waals surface area contributed by atoms with Crippen molar-refractivity contribution < 1.29 is 0 Å². The highest BCUT2D eigenvalue weighted by molar-refractivity contribution is 5.83. The van der Waals surface area contributed by atoms with E-state index in [0.29, 0.717) is 0 Å². The summed E-state index contributed by atoms with van der Waals surface area (Å²) in [5.41, 5.74) is 2.55. The van der Waals surface area contributed by atoms with Gasteiger partial charge in [-0.15, -0.1) is 0 Å². The Balaban J connectivity index is 1.36. The minimum absolute atomic E-state index is 0.872. The molecule has 3 rings (SSSR count). The fourth-order valence-corrected chi connectivity index (χ4v) is 3.54. The number of nitrogens with zero attached hydrogens (tertiary/aromatic N) is 3. The van der Waals surface area contributed by atoms with Gasteiger partial charge in [0.15, 0.2) is 5.96 Å². The summed E-state index contributed by atoms with van der Waals surface area (Å²) in [5.74, 6) is 0.886. The Labute approximate surface area is 156 Å². The molecule has 0 spiro atoms. The Kier molecular flexibility index (Phi) is 6.91. The zero-order valence-electron chi connectivity index (χ0n) is 16.1. The molecule has 6 heteroatoms. The van der Waals surface area contributed by atoms with Crippen molar-refractivity contribution in [3.05, 3.63) is 36.0 Å². The summed E-state index contributed by atoms with van der Waals surface area (Å²) in [6.07, 6.45) is 3.09. The van der Waals surface area contributed by atoms with Crippen molar-refractivity contribution >= 4 is 16.9 Å². The molecule has 1 saturated heterocycles. The first-order chi connectivity index (χ1) is 12.8. The van der Waals surface area contributed by atoms with E-state index in [9.17, 15) is 0 Å². The van der Waals surface area contributed by atoms with E-state index >= 15 is 0 Å². The molecule has 26 heavy (non-hydrogen) atoms. The van der Waals surface area contributed by atoms with E-state index in [4.69, 9.17) is 0 Å². The fourth-order valence-electron chi connectivity index (χ4n) is 3.54. The summed E-state index contributed by atoms with van der Waals surface area (Å²) < 4.78 is 0. The summed E-state index contributed by atoms with van der Waals surface area (Å²) in [4.78, 5) is 12.7. The molecule has 0 saturated carbocycles. The lowest BCUT2D eigenvalue weighted by Crippen LogP contribution is -2.49. The lowest BCUT2D eigenvalue weighted by Gasteiger charge is -2.34. The molecule has 0 aliphatic carbocycles. The van der Waals surface area contributed by atoms with Gasteiger partial charge >= 0.3 is 0 Å². The first kappa shape index (κ1) is 18.7. The van der Waals surface area contributed by atoms with Gasteiger partial charge in [-0.2, -0.15) is 0 Å². The van der Waals surface area contributed by atoms with Crippen LogP contribution in [0.5, 0.6) is 0 Å². The molecule has 0 radical (unpaired) electrons. The Morgan fingerprint density at radius 2 is 1.81 bits per heavy atom. The first-order valence-electron chi connectivity index (χ1n) is 9.74. The maximum Gasteiger partial charge on any atom is 0.191 e. The van der Waals surface area contributed by atoms with Gasteiger partial charge in [-0.1, -0.05) is 25.1 Å². The molecule has 0 amide bonds. The molecule has 1 aromatic carbocycles. The maximum absolute atomic E-state index is 4.34. The van der Waals surface area contributed by atoms with Crippen LogP contribution in [-0.4, -0.2) is 80.1 Å². The third kappa shape index (κ3) is 4.99. The van der Waals surface area contributed by atoms with Crippen LogP contribution in [-0.2, 0) is 6.42 Å². The molecule has 0 bridgehead atoms. The Hall–Kier alpha value is -2.05. The van der Waals surface area contributed by atoms with Gasteiger partial charge < -0.3 is 20.5 Å². The normalized spacial score (nSPS) is 16.9. The minimum Gasteiger partial charge on any atom is -0.361 e. The van der Waals surface area contributed by atoms with Crippen LogP contribution >= 0.6 is 0 Å². The van der Waals surface area contributed by atoms with E-state index in [0.717, 1.165) is 32.0 Å². The van der Waals surface area contributed by atoms with Gasteiger partial charge in [0, 0.05) is 70.0 Å². The molecule has 3 N–H and O–H groups in total. The highest BCUT2D eigenvalue weighted by atomic mass is 15.3. The van der Waals surface area contributed by atoms with Crippen molar-refractivity contribution in [2.45, 2.75) is 13.3 Å². The molecule has 142 valence electrons. The van der Waals surface area contributed by atoms with Crippen molar-refractivity contribution in [1.82, 2.24) is 25.4 Å². The number of benzene rings is 1. The van der Waals surface area contributed by atoms with Gasteiger partial charge in [-0.05, 0) is 24.6 Å². The molecule has 2 heterocycles. The Bertz CT molecular complexity index is 699. The van der Waals surface area contributed by atoms with Crippen LogP contribution in [0.25, 0.3) is 10.9 Å². The fraction of sp³-hybridized carbons (Fsp3) is 0.550. The van der Waals surface area contributed by atoms with Crippen molar-refractivity contribution in [3.63, 3.8) is 0 Å². The van der Waals surface area contributed by atoms with Crippen LogP contribution in [0.3, 0.4) is 0 Å². The number of aliphatic imine (C=N–C) groups is 1. The zero-order valence-corrected chi connectivity index (χ0v) is 16.1. The van der Waals surface area contributed by atoms with Gasteiger partial charge in [-0.25, -0.2) is 0 Å². The highest BCUT2D eigenvalue weighted by Crippen LogP contribution is 2.17. The lowest BCUT2D eigenvalue weighted by molar-refractivity contribution is 0.139. The summed E-state index contributed by atoms with van der Waals surface area (Å²) in [6.45, 7) is 11.0. The molecule has 6 nitrogen and oxygen atoms in total. The van der Waals surface area contributed by atoms with Crippen molar-refractivity contribution in [3.8, 4) is 0 Å². The van der Waals surface area contributed by atoms with Gasteiger partial charge in [0.1, 0.15) is 0 Å². The second-order valence-corrected chi connectivity index (χ2v) is 6.81. The number of likely N-dealkylation sites (N-methyl/N-ethyl adjacent to an activating group) is 1. The van der Waals surface area contributed by atoms with Crippen LogP contribution in [0.15, 0.2) is 35.5 Å². The van der Waals surface area contributed by atoms with E-state index in [1.165, 1.54) is 49.2 Å². The van der Waals surface area contributed by atoms with Gasteiger partial charge in [-0.3, -0.25) is 9.89 Å². The number of nitrogens with one attached hydrogen (secondary N) is 3. The highest BCUT2D eigenvalue weighted by Gasteiger charge is 2.14.